The first-order valence-electron chi connectivity index (χ1n) is 6.53. The van der Waals surface area contributed by atoms with Crippen molar-refractivity contribution in [3.63, 3.8) is 0 Å². The number of rotatable bonds is 1. The van der Waals surface area contributed by atoms with E-state index in [2.05, 4.69) is 20.1 Å². The average molecular weight is 244 g/mol. The number of hydrogen-bond donors (Lipinski definition) is 1. The number of nitrogens with two attached hydrogens (primary N) is 1. The van der Waals surface area contributed by atoms with Crippen molar-refractivity contribution in [2.45, 2.75) is 37.6 Å². The van der Waals surface area contributed by atoms with E-state index in [4.69, 9.17) is 5.73 Å². The van der Waals surface area contributed by atoms with Gasteiger partial charge in [-0.05, 0) is 32.1 Å². The third kappa shape index (κ3) is 1.26. The summed E-state index contributed by atoms with van der Waals surface area (Å²) in [6, 6.07) is 0. The summed E-state index contributed by atoms with van der Waals surface area (Å²) in [5, 5.41) is 8.50. The van der Waals surface area contributed by atoms with Crippen molar-refractivity contribution in [1.82, 2.24) is 19.6 Å². The van der Waals surface area contributed by atoms with Gasteiger partial charge in [-0.15, -0.1) is 10.2 Å². The van der Waals surface area contributed by atoms with E-state index < -0.39 is 0 Å². The molecular formula is C12H16N6. The molecule has 1 saturated carbocycles. The summed E-state index contributed by atoms with van der Waals surface area (Å²) in [5.74, 6) is 1.37. The molecule has 1 spiro atoms. The normalized spacial score (nSPS) is 21.7. The van der Waals surface area contributed by atoms with Crippen molar-refractivity contribution in [3.05, 3.63) is 12.4 Å². The minimum absolute atomic E-state index is 0.360. The van der Waals surface area contributed by atoms with Gasteiger partial charge in [-0.3, -0.25) is 4.40 Å². The molecule has 18 heavy (non-hydrogen) atoms. The highest BCUT2D eigenvalue weighted by atomic mass is 15.4. The molecule has 0 atom stereocenters. The highest BCUT2D eigenvalue weighted by Crippen LogP contribution is 2.49. The summed E-state index contributed by atoms with van der Waals surface area (Å²) >= 11 is 0. The van der Waals surface area contributed by atoms with Gasteiger partial charge in [-0.2, -0.15) is 0 Å². The molecule has 1 aliphatic heterocycles. The minimum Gasteiger partial charge on any atom is -0.381 e. The molecule has 2 aromatic heterocycles. The van der Waals surface area contributed by atoms with Gasteiger partial charge in [-0.1, -0.05) is 0 Å². The van der Waals surface area contributed by atoms with Crippen LogP contribution in [0.2, 0.25) is 0 Å². The molecule has 2 N–H and O–H groups in total. The monoisotopic (exact) mass is 244 g/mol. The van der Waals surface area contributed by atoms with Crippen LogP contribution in [-0.2, 0) is 0 Å². The largest absolute Gasteiger partial charge is 0.381 e. The van der Waals surface area contributed by atoms with Crippen molar-refractivity contribution in [2.75, 3.05) is 17.2 Å². The molecule has 2 aliphatic rings. The quantitative estimate of drug-likeness (QED) is 0.816. The molecule has 1 aliphatic carbocycles. The minimum atomic E-state index is 0.360. The second-order valence-electron chi connectivity index (χ2n) is 5.34. The van der Waals surface area contributed by atoms with Crippen molar-refractivity contribution < 1.29 is 0 Å². The van der Waals surface area contributed by atoms with E-state index in [-0.39, 0.29) is 0 Å². The zero-order valence-electron chi connectivity index (χ0n) is 10.2. The summed E-state index contributed by atoms with van der Waals surface area (Å²) in [5.41, 5.74) is 6.85. The van der Waals surface area contributed by atoms with Crippen LogP contribution >= 0.6 is 0 Å². The van der Waals surface area contributed by atoms with Crippen molar-refractivity contribution in [2.24, 2.45) is 0 Å². The molecular weight excluding hydrogens is 228 g/mol. The van der Waals surface area contributed by atoms with Crippen LogP contribution in [0.1, 0.15) is 32.1 Å². The fourth-order valence-electron chi connectivity index (χ4n) is 3.09. The molecule has 3 heterocycles. The lowest BCUT2D eigenvalue weighted by Crippen LogP contribution is -2.42. The first-order valence-corrected chi connectivity index (χ1v) is 6.53. The van der Waals surface area contributed by atoms with Crippen LogP contribution in [0.3, 0.4) is 0 Å². The zero-order valence-corrected chi connectivity index (χ0v) is 10.2. The van der Waals surface area contributed by atoms with E-state index in [1.54, 1.807) is 6.20 Å². The molecule has 2 aromatic rings. The van der Waals surface area contributed by atoms with Crippen LogP contribution in [0.25, 0.3) is 5.65 Å². The molecule has 94 valence electrons. The Balaban J connectivity index is 1.85. The van der Waals surface area contributed by atoms with Crippen LogP contribution in [0.5, 0.6) is 0 Å². The third-order valence-electron chi connectivity index (χ3n) is 4.25. The van der Waals surface area contributed by atoms with E-state index in [0.717, 1.165) is 12.5 Å². The van der Waals surface area contributed by atoms with Gasteiger partial charge in [0, 0.05) is 24.5 Å². The summed E-state index contributed by atoms with van der Waals surface area (Å²) in [4.78, 5) is 6.48. The first-order chi connectivity index (χ1) is 8.80. The number of nitrogen functional groups attached to an aromatic ring is 1. The SMILES string of the molecule is Nc1nccn2c(N3CCCCC34CC4)nnc12. The van der Waals surface area contributed by atoms with Crippen LogP contribution < -0.4 is 10.6 Å². The zero-order chi connectivity index (χ0) is 12.2. The summed E-state index contributed by atoms with van der Waals surface area (Å²) in [6.07, 6.45) is 10.0. The molecule has 0 aromatic carbocycles. The summed E-state index contributed by atoms with van der Waals surface area (Å²) < 4.78 is 1.97. The second kappa shape index (κ2) is 3.34. The average Bonchev–Trinajstić information content (AvgIpc) is 3.00. The highest BCUT2D eigenvalue weighted by molar-refractivity contribution is 5.62. The smallest absolute Gasteiger partial charge is 0.232 e. The lowest BCUT2D eigenvalue weighted by molar-refractivity contribution is 0.437. The molecule has 0 amide bonds. The maximum absolute atomic E-state index is 5.83. The maximum Gasteiger partial charge on any atom is 0.232 e. The highest BCUT2D eigenvalue weighted by Gasteiger charge is 2.50. The first kappa shape index (κ1) is 10.1. The number of anilines is 2. The number of fused-ring (bicyclic) bond motifs is 1. The Bertz CT molecular complexity index is 600. The Kier molecular flexibility index (Phi) is 1.87. The standard InChI is InChI=1S/C12H16N6/c13-9-10-15-16-11(17(10)8-6-14-9)18-7-2-1-3-12(18)4-5-12/h6,8H,1-5,7H2,(H2,13,14). The Morgan fingerprint density at radius 2 is 2.06 bits per heavy atom. The molecule has 6 nitrogen and oxygen atoms in total. The van der Waals surface area contributed by atoms with Crippen LogP contribution in [0, 0.1) is 0 Å². The van der Waals surface area contributed by atoms with Gasteiger partial charge >= 0.3 is 0 Å². The predicted octanol–water partition coefficient (Wildman–Crippen LogP) is 1.23. The number of aromatic nitrogens is 4. The van der Waals surface area contributed by atoms with Crippen LogP contribution in [-0.4, -0.2) is 31.7 Å². The second-order valence-corrected chi connectivity index (χ2v) is 5.34. The van der Waals surface area contributed by atoms with Gasteiger partial charge in [0.15, 0.2) is 5.82 Å². The van der Waals surface area contributed by atoms with E-state index in [0.29, 0.717) is 17.0 Å². The van der Waals surface area contributed by atoms with E-state index in [1.807, 2.05) is 10.6 Å². The lowest BCUT2D eigenvalue weighted by atomic mass is 10.0. The third-order valence-corrected chi connectivity index (χ3v) is 4.25. The molecule has 1 saturated heterocycles. The van der Waals surface area contributed by atoms with Gasteiger partial charge in [0.05, 0.1) is 0 Å². The van der Waals surface area contributed by atoms with Gasteiger partial charge in [0.2, 0.25) is 11.6 Å². The number of nitrogens with zero attached hydrogens (tertiary/aromatic N) is 5. The number of hydrogen-bond acceptors (Lipinski definition) is 5. The van der Waals surface area contributed by atoms with E-state index >= 15 is 0 Å². The topological polar surface area (TPSA) is 72.3 Å². The van der Waals surface area contributed by atoms with Gasteiger partial charge in [0.25, 0.3) is 0 Å². The summed E-state index contributed by atoms with van der Waals surface area (Å²) in [6.45, 7) is 1.07. The summed E-state index contributed by atoms with van der Waals surface area (Å²) in [7, 11) is 0. The molecule has 0 bridgehead atoms. The van der Waals surface area contributed by atoms with Gasteiger partial charge < -0.3 is 10.6 Å². The molecule has 0 radical (unpaired) electrons. The van der Waals surface area contributed by atoms with Gasteiger partial charge in [0.1, 0.15) is 0 Å². The molecule has 0 unspecified atom stereocenters. The predicted molar refractivity (Wildman–Crippen MR) is 68.4 cm³/mol. The van der Waals surface area contributed by atoms with Crippen molar-refractivity contribution in [1.29, 1.82) is 0 Å². The maximum atomic E-state index is 5.83. The Hall–Kier alpha value is -1.85. The fourth-order valence-corrected chi connectivity index (χ4v) is 3.09. The van der Waals surface area contributed by atoms with Crippen molar-refractivity contribution >= 4 is 17.4 Å². The van der Waals surface area contributed by atoms with E-state index in [1.165, 1.54) is 32.1 Å². The van der Waals surface area contributed by atoms with Gasteiger partial charge in [-0.25, -0.2) is 4.98 Å². The Labute approximate surface area is 105 Å². The molecule has 2 fully saturated rings. The Morgan fingerprint density at radius 3 is 2.89 bits per heavy atom. The number of piperidine rings is 1. The lowest BCUT2D eigenvalue weighted by Gasteiger charge is -2.36. The molecule has 6 heteroatoms. The molecule has 4 rings (SSSR count). The van der Waals surface area contributed by atoms with Crippen LogP contribution in [0.15, 0.2) is 12.4 Å². The van der Waals surface area contributed by atoms with Crippen LogP contribution in [0.4, 0.5) is 11.8 Å². The van der Waals surface area contributed by atoms with Crippen molar-refractivity contribution in [3.8, 4) is 0 Å². The fraction of sp³-hybridized carbons (Fsp3) is 0.583. The Morgan fingerprint density at radius 1 is 1.17 bits per heavy atom. The van der Waals surface area contributed by atoms with E-state index in [9.17, 15) is 0 Å².